The number of likely N-dealkylation sites (tertiary alicyclic amines) is 2. The van der Waals surface area contributed by atoms with Gasteiger partial charge in [-0.05, 0) is 114 Å². The predicted molar refractivity (Wildman–Crippen MR) is 167 cm³/mol. The van der Waals surface area contributed by atoms with Crippen molar-refractivity contribution in [3.05, 3.63) is 60.7 Å². The molecule has 9 heteroatoms. The lowest BCUT2D eigenvalue weighted by Gasteiger charge is -2.38. The van der Waals surface area contributed by atoms with E-state index in [-0.39, 0.29) is 23.8 Å². The number of nitrogens with zero attached hydrogens (tertiary/aromatic N) is 3. The number of aromatic nitrogens is 1. The Morgan fingerprint density at radius 3 is 2.29 bits per heavy atom. The largest absolute Gasteiger partial charge is 0.378 e. The fourth-order valence-corrected chi connectivity index (χ4v) is 8.90. The zero-order chi connectivity index (χ0) is 28.5. The molecular weight excluding hydrogens is 670 g/mol. The molecule has 4 heterocycles. The minimum atomic E-state index is 0.0984. The van der Waals surface area contributed by atoms with Gasteiger partial charge in [-0.1, -0.05) is 27.5 Å². The third-order valence-electron chi connectivity index (χ3n) is 9.64. The Morgan fingerprint density at radius 2 is 1.59 bits per heavy atom. The van der Waals surface area contributed by atoms with E-state index in [2.05, 4.69) is 48.9 Å². The molecule has 1 unspecified atom stereocenters. The van der Waals surface area contributed by atoms with Crippen molar-refractivity contribution in [1.82, 2.24) is 14.8 Å². The Morgan fingerprint density at radius 1 is 0.902 bits per heavy atom. The third-order valence-corrected chi connectivity index (χ3v) is 10.9. The van der Waals surface area contributed by atoms with Crippen LogP contribution in [0.3, 0.4) is 0 Å². The number of benzene rings is 1. The highest BCUT2D eigenvalue weighted by atomic mass is 79.9. The molecule has 41 heavy (non-hydrogen) atoms. The molecule has 0 N–H and O–H groups in total. The molecule has 3 fully saturated rings. The number of hydrogen-bond donors (Lipinski definition) is 0. The Balaban J connectivity index is 1.07. The van der Waals surface area contributed by atoms with Crippen molar-refractivity contribution in [2.24, 2.45) is 11.8 Å². The summed E-state index contributed by atoms with van der Waals surface area (Å²) in [7, 11) is 0. The number of carbonyl (C=O) groups excluding carboxylic acids is 2. The summed E-state index contributed by atoms with van der Waals surface area (Å²) in [5, 5.41) is 0.757. The summed E-state index contributed by atoms with van der Waals surface area (Å²) in [6, 6.07) is 6.35. The van der Waals surface area contributed by atoms with E-state index in [0.717, 1.165) is 98.1 Å². The summed E-state index contributed by atoms with van der Waals surface area (Å²) in [5.41, 5.74) is 5.07. The van der Waals surface area contributed by atoms with Gasteiger partial charge in [0.05, 0.1) is 18.2 Å². The maximum Gasteiger partial charge on any atom is 0.225 e. The molecule has 2 amide bonds. The molecule has 1 aromatic carbocycles. The first-order valence-corrected chi connectivity index (χ1v) is 17.1. The number of amides is 2. The molecule has 220 valence electrons. The second-order valence-electron chi connectivity index (χ2n) is 12.2. The summed E-state index contributed by atoms with van der Waals surface area (Å²) in [5.74, 6) is 1.41. The fraction of sp³-hybridized carbons (Fsp3) is 0.594. The minimum absolute atomic E-state index is 0.0984. The maximum atomic E-state index is 13.4. The number of fused-ring (bicyclic) bond motifs is 2. The first-order chi connectivity index (χ1) is 19.9. The number of ether oxygens (including phenoxy) is 1. The average Bonchev–Trinajstić information content (AvgIpc) is 3.41. The van der Waals surface area contributed by atoms with Crippen LogP contribution in [0.15, 0.2) is 33.3 Å². The highest BCUT2D eigenvalue weighted by molar-refractivity contribution is 9.10. The van der Waals surface area contributed by atoms with Gasteiger partial charge in [-0.2, -0.15) is 0 Å². The lowest BCUT2D eigenvalue weighted by Crippen LogP contribution is -2.43. The van der Waals surface area contributed by atoms with Crippen molar-refractivity contribution in [3.8, 4) is 0 Å². The number of hydrogen-bond acceptors (Lipinski definition) is 4. The number of piperidine rings is 2. The van der Waals surface area contributed by atoms with Gasteiger partial charge < -0.3 is 14.5 Å². The Hall–Kier alpha value is -1.48. The van der Waals surface area contributed by atoms with Crippen molar-refractivity contribution in [3.63, 3.8) is 0 Å². The van der Waals surface area contributed by atoms with E-state index in [1.165, 1.54) is 22.4 Å². The summed E-state index contributed by atoms with van der Waals surface area (Å²) < 4.78 is 7.71. The van der Waals surface area contributed by atoms with Crippen molar-refractivity contribution in [2.45, 2.75) is 76.2 Å². The molecule has 2 aromatic rings. The molecule has 6 nitrogen and oxygen atoms in total. The topological polar surface area (TPSA) is 62.7 Å². The highest BCUT2D eigenvalue weighted by Gasteiger charge is 2.37. The highest BCUT2D eigenvalue weighted by Crippen LogP contribution is 2.46. The molecule has 1 aromatic heterocycles. The van der Waals surface area contributed by atoms with Crippen molar-refractivity contribution in [1.29, 1.82) is 0 Å². The van der Waals surface area contributed by atoms with E-state index in [0.29, 0.717) is 24.7 Å². The van der Waals surface area contributed by atoms with Gasteiger partial charge in [0.25, 0.3) is 0 Å². The van der Waals surface area contributed by atoms with Crippen LogP contribution in [0, 0.1) is 11.8 Å². The van der Waals surface area contributed by atoms with Crippen LogP contribution < -0.4 is 0 Å². The smallest absolute Gasteiger partial charge is 0.225 e. The van der Waals surface area contributed by atoms with Crippen LogP contribution in [-0.2, 0) is 27.2 Å². The molecule has 4 aliphatic rings. The molecule has 2 atom stereocenters. The van der Waals surface area contributed by atoms with Crippen LogP contribution in [0.25, 0.3) is 0 Å². The molecule has 0 saturated carbocycles. The first kappa shape index (κ1) is 29.6. The average molecular weight is 708 g/mol. The van der Waals surface area contributed by atoms with Gasteiger partial charge in [-0.3, -0.25) is 14.6 Å². The van der Waals surface area contributed by atoms with Gasteiger partial charge in [0, 0.05) is 65.3 Å². The lowest BCUT2D eigenvalue weighted by atomic mass is 9.76. The zero-order valence-corrected chi connectivity index (χ0v) is 27.4. The van der Waals surface area contributed by atoms with Crippen LogP contribution in [-0.4, -0.2) is 65.5 Å². The minimum Gasteiger partial charge on any atom is -0.378 e. The predicted octanol–water partition coefficient (Wildman–Crippen LogP) is 6.93. The molecule has 6 rings (SSSR count). The molecule has 0 spiro atoms. The normalized spacial score (nSPS) is 23.7. The zero-order valence-electron chi connectivity index (χ0n) is 23.4. The van der Waals surface area contributed by atoms with E-state index in [1.807, 2.05) is 17.2 Å². The number of halogens is 3. The second-order valence-corrected chi connectivity index (χ2v) is 14.4. The van der Waals surface area contributed by atoms with E-state index < -0.39 is 0 Å². The maximum absolute atomic E-state index is 13.4. The number of pyridine rings is 1. The summed E-state index contributed by atoms with van der Waals surface area (Å²) in [6.07, 6.45) is 10.8. The molecular formula is C32H38Br2ClN3O3. The second kappa shape index (κ2) is 13.0. The molecule has 3 aliphatic heterocycles. The number of carbonyl (C=O) groups is 2. The van der Waals surface area contributed by atoms with E-state index >= 15 is 0 Å². The van der Waals surface area contributed by atoms with Crippen molar-refractivity contribution >= 4 is 55.3 Å². The summed E-state index contributed by atoms with van der Waals surface area (Å²) in [4.78, 5) is 35.1. The first-order valence-electron chi connectivity index (χ1n) is 15.1. The van der Waals surface area contributed by atoms with Gasteiger partial charge in [0.2, 0.25) is 11.8 Å². The van der Waals surface area contributed by atoms with Gasteiger partial charge in [0.15, 0.2) is 0 Å². The van der Waals surface area contributed by atoms with Crippen LogP contribution in [0.4, 0.5) is 0 Å². The quantitative estimate of drug-likeness (QED) is 0.339. The fourth-order valence-electron chi connectivity index (χ4n) is 7.40. The van der Waals surface area contributed by atoms with Crippen LogP contribution in [0.1, 0.15) is 79.7 Å². The molecule has 0 bridgehead atoms. The van der Waals surface area contributed by atoms with E-state index in [1.54, 1.807) is 0 Å². The van der Waals surface area contributed by atoms with Gasteiger partial charge in [-0.25, -0.2) is 0 Å². The van der Waals surface area contributed by atoms with Crippen LogP contribution in [0.5, 0.6) is 0 Å². The van der Waals surface area contributed by atoms with Crippen LogP contribution in [0.2, 0.25) is 5.02 Å². The Bertz CT molecular complexity index is 1290. The van der Waals surface area contributed by atoms with E-state index in [4.69, 9.17) is 21.3 Å². The molecule has 1 aliphatic carbocycles. The van der Waals surface area contributed by atoms with Crippen molar-refractivity contribution in [2.75, 3.05) is 32.8 Å². The SMILES string of the molecule is O=C(CC1CCN(C(=O)CC2CCCO2)CC1)N1CCC([C@H]2c3ncc(Br)cc3CCc3cc(Cl)cc(Br)c32)CC1. The third kappa shape index (κ3) is 6.71. The molecule has 3 saturated heterocycles. The van der Waals surface area contributed by atoms with Gasteiger partial charge in [0.1, 0.15) is 0 Å². The van der Waals surface area contributed by atoms with Crippen molar-refractivity contribution < 1.29 is 14.3 Å². The Labute approximate surface area is 264 Å². The number of rotatable bonds is 5. The van der Waals surface area contributed by atoms with Crippen LogP contribution >= 0.6 is 43.5 Å². The molecule has 0 radical (unpaired) electrons. The number of aryl methyl sites for hydroxylation is 2. The standard InChI is InChI=1S/C32H38Br2ClN3O3/c33-24-15-23-4-3-22-16-25(35)17-27(34)30(22)31(32(23)36-19-24)21-7-11-38(12-8-21)28(39)14-20-5-9-37(10-6-20)29(40)18-26-2-1-13-41-26/h15-17,19-21,26,31H,1-14,18H2/t26?,31-/m1/s1. The van der Waals surface area contributed by atoms with E-state index in [9.17, 15) is 9.59 Å². The summed E-state index contributed by atoms with van der Waals surface area (Å²) in [6.45, 7) is 3.86. The lowest BCUT2D eigenvalue weighted by molar-refractivity contribution is -0.136. The van der Waals surface area contributed by atoms with Gasteiger partial charge in [-0.15, -0.1) is 0 Å². The summed E-state index contributed by atoms with van der Waals surface area (Å²) >= 11 is 13.9. The monoisotopic (exact) mass is 705 g/mol. The Kier molecular flexibility index (Phi) is 9.40. The van der Waals surface area contributed by atoms with Gasteiger partial charge >= 0.3 is 0 Å².